The Morgan fingerprint density at radius 1 is 1.24 bits per heavy atom. The number of imidazole rings is 2. The number of benzene rings is 1. The molecule has 1 amide bonds. The topological polar surface area (TPSA) is 66.8 Å². The molecule has 6 nitrogen and oxygen atoms in total. The maximum absolute atomic E-state index is 12.2. The predicted octanol–water partition coefficient (Wildman–Crippen LogP) is 3.04. The van der Waals surface area contributed by atoms with Crippen LogP contribution in [0.5, 0.6) is 0 Å². The van der Waals surface area contributed by atoms with Crippen molar-refractivity contribution in [2.24, 2.45) is 0 Å². The smallest absolute Gasteiger partial charge is 0.224 e. The number of likely N-dealkylation sites (tertiary alicyclic amines) is 1. The van der Waals surface area contributed by atoms with Crippen molar-refractivity contribution in [1.82, 2.24) is 24.4 Å². The molecule has 1 atom stereocenters. The van der Waals surface area contributed by atoms with Crippen molar-refractivity contribution in [2.75, 3.05) is 13.1 Å². The molecule has 1 aromatic carbocycles. The minimum atomic E-state index is 0.0935. The molecule has 1 fully saturated rings. The van der Waals surface area contributed by atoms with Gasteiger partial charge in [0.25, 0.3) is 0 Å². The fourth-order valence-electron chi connectivity index (χ4n) is 3.50. The highest BCUT2D eigenvalue weighted by atomic mass is 16.2. The molecule has 1 unspecified atom stereocenters. The van der Waals surface area contributed by atoms with Gasteiger partial charge in [0.1, 0.15) is 5.82 Å². The van der Waals surface area contributed by atoms with Gasteiger partial charge in [-0.25, -0.2) is 9.97 Å². The summed E-state index contributed by atoms with van der Waals surface area (Å²) >= 11 is 0. The van der Waals surface area contributed by atoms with Gasteiger partial charge in [0.15, 0.2) is 0 Å². The molecule has 1 N–H and O–H groups in total. The molecule has 1 aliphatic rings. The first-order valence-corrected chi connectivity index (χ1v) is 8.59. The van der Waals surface area contributed by atoms with Gasteiger partial charge in [0, 0.05) is 25.1 Å². The molecule has 4 rings (SSSR count). The largest absolute Gasteiger partial charge is 0.341 e. The van der Waals surface area contributed by atoms with Crippen molar-refractivity contribution >= 4 is 5.91 Å². The second-order valence-electron chi connectivity index (χ2n) is 6.39. The van der Waals surface area contributed by atoms with E-state index in [-0.39, 0.29) is 11.9 Å². The summed E-state index contributed by atoms with van der Waals surface area (Å²) in [7, 11) is 0. The number of aromatic nitrogens is 4. The lowest BCUT2D eigenvalue weighted by atomic mass is 10.1. The fraction of sp³-hybridized carbons (Fsp3) is 0.316. The van der Waals surface area contributed by atoms with Crippen LogP contribution >= 0.6 is 0 Å². The monoisotopic (exact) mass is 335 g/mol. The first kappa shape index (κ1) is 15.6. The summed E-state index contributed by atoms with van der Waals surface area (Å²) in [5, 5.41) is 0. The second-order valence-corrected chi connectivity index (χ2v) is 6.39. The Morgan fingerprint density at radius 3 is 2.68 bits per heavy atom. The van der Waals surface area contributed by atoms with E-state index in [0.717, 1.165) is 41.6 Å². The molecule has 25 heavy (non-hydrogen) atoms. The summed E-state index contributed by atoms with van der Waals surface area (Å²) in [5.41, 5.74) is 3.88. The lowest BCUT2D eigenvalue weighted by molar-refractivity contribution is -0.127. The Balaban J connectivity index is 1.83. The van der Waals surface area contributed by atoms with E-state index >= 15 is 0 Å². The molecular formula is C19H21N5O. The van der Waals surface area contributed by atoms with Crippen LogP contribution in [0.2, 0.25) is 0 Å². The lowest BCUT2D eigenvalue weighted by Crippen LogP contribution is -2.24. The fourth-order valence-corrected chi connectivity index (χ4v) is 3.50. The number of likely N-dealkylation sites (N-methyl/N-ethyl adjacent to an activating group) is 1. The number of hydrogen-bond acceptors (Lipinski definition) is 3. The third-order valence-corrected chi connectivity index (χ3v) is 4.77. The van der Waals surface area contributed by atoms with Gasteiger partial charge in [-0.2, -0.15) is 0 Å². The molecular weight excluding hydrogens is 314 g/mol. The minimum absolute atomic E-state index is 0.0935. The standard InChI is InChI=1S/C19H21N5O/c1-3-23-11-15(9-17(23)25)24-12-21-18(14-7-5-4-6-8-14)19(24)16-10-20-13(2)22-16/h4-8,10,12,15H,3,9,11H2,1-2H3,(H,20,22). The van der Waals surface area contributed by atoms with Crippen LogP contribution in [0.3, 0.4) is 0 Å². The van der Waals surface area contributed by atoms with Crippen LogP contribution in [-0.4, -0.2) is 43.4 Å². The Bertz CT molecular complexity index is 896. The van der Waals surface area contributed by atoms with Crippen molar-refractivity contribution in [3.05, 3.63) is 48.7 Å². The van der Waals surface area contributed by atoms with E-state index in [1.165, 1.54) is 0 Å². The number of carbonyl (C=O) groups is 1. The second kappa shape index (κ2) is 6.20. The van der Waals surface area contributed by atoms with Crippen LogP contribution in [0, 0.1) is 6.92 Å². The zero-order chi connectivity index (χ0) is 17.4. The van der Waals surface area contributed by atoms with Gasteiger partial charge in [-0.05, 0) is 13.8 Å². The maximum atomic E-state index is 12.2. The third kappa shape index (κ3) is 2.73. The van der Waals surface area contributed by atoms with Crippen LogP contribution in [0.15, 0.2) is 42.9 Å². The van der Waals surface area contributed by atoms with E-state index in [1.807, 2.05) is 49.5 Å². The molecule has 128 valence electrons. The zero-order valence-corrected chi connectivity index (χ0v) is 14.4. The Kier molecular flexibility index (Phi) is 3.87. The first-order valence-electron chi connectivity index (χ1n) is 8.59. The van der Waals surface area contributed by atoms with Gasteiger partial charge in [-0.3, -0.25) is 4.79 Å². The van der Waals surface area contributed by atoms with E-state index in [4.69, 9.17) is 0 Å². The van der Waals surface area contributed by atoms with Gasteiger partial charge in [-0.15, -0.1) is 0 Å². The molecule has 2 aromatic heterocycles. The summed E-state index contributed by atoms with van der Waals surface area (Å²) in [6.07, 6.45) is 4.20. The summed E-state index contributed by atoms with van der Waals surface area (Å²) in [6.45, 7) is 5.42. The molecule has 0 saturated carbocycles. The van der Waals surface area contributed by atoms with Crippen molar-refractivity contribution < 1.29 is 4.79 Å². The van der Waals surface area contributed by atoms with E-state index in [2.05, 4.69) is 31.7 Å². The van der Waals surface area contributed by atoms with Crippen LogP contribution in [0.4, 0.5) is 0 Å². The minimum Gasteiger partial charge on any atom is -0.341 e. The molecule has 0 radical (unpaired) electrons. The molecule has 1 saturated heterocycles. The number of amides is 1. The average molecular weight is 335 g/mol. The molecule has 3 heterocycles. The highest BCUT2D eigenvalue weighted by Gasteiger charge is 2.32. The number of aromatic amines is 1. The van der Waals surface area contributed by atoms with Crippen molar-refractivity contribution in [2.45, 2.75) is 26.3 Å². The van der Waals surface area contributed by atoms with Gasteiger partial charge in [0.2, 0.25) is 5.91 Å². The Labute approximate surface area is 146 Å². The van der Waals surface area contributed by atoms with Gasteiger partial charge < -0.3 is 14.5 Å². The van der Waals surface area contributed by atoms with E-state index < -0.39 is 0 Å². The van der Waals surface area contributed by atoms with Crippen LogP contribution in [-0.2, 0) is 4.79 Å². The van der Waals surface area contributed by atoms with E-state index in [9.17, 15) is 4.79 Å². The number of aryl methyl sites for hydroxylation is 1. The normalized spacial score (nSPS) is 17.4. The summed E-state index contributed by atoms with van der Waals surface area (Å²) in [6, 6.07) is 10.2. The zero-order valence-electron chi connectivity index (χ0n) is 14.4. The van der Waals surface area contributed by atoms with Gasteiger partial charge >= 0.3 is 0 Å². The molecule has 0 aliphatic carbocycles. The average Bonchev–Trinajstić information content (AvgIpc) is 3.33. The molecule has 0 spiro atoms. The number of H-pyrrole nitrogens is 1. The van der Waals surface area contributed by atoms with Crippen molar-refractivity contribution in [1.29, 1.82) is 0 Å². The number of nitrogens with one attached hydrogen (secondary N) is 1. The SMILES string of the molecule is CCN1CC(n2cnc(-c3ccccc3)c2-c2cnc(C)[nH]2)CC1=O. The third-order valence-electron chi connectivity index (χ3n) is 4.77. The molecule has 6 heteroatoms. The quantitative estimate of drug-likeness (QED) is 0.797. The Morgan fingerprint density at radius 2 is 2.04 bits per heavy atom. The first-order chi connectivity index (χ1) is 12.2. The maximum Gasteiger partial charge on any atom is 0.224 e. The summed E-state index contributed by atoms with van der Waals surface area (Å²) in [4.78, 5) is 26.4. The number of rotatable bonds is 4. The van der Waals surface area contributed by atoms with Crippen LogP contribution < -0.4 is 0 Å². The molecule has 3 aromatic rings. The highest BCUT2D eigenvalue weighted by molar-refractivity contribution is 5.80. The van der Waals surface area contributed by atoms with Gasteiger partial charge in [0.05, 0.1) is 35.6 Å². The van der Waals surface area contributed by atoms with E-state index in [0.29, 0.717) is 6.42 Å². The van der Waals surface area contributed by atoms with Crippen LogP contribution in [0.25, 0.3) is 22.6 Å². The van der Waals surface area contributed by atoms with Crippen molar-refractivity contribution in [3.63, 3.8) is 0 Å². The molecule has 0 bridgehead atoms. The Hall–Kier alpha value is -2.89. The molecule has 1 aliphatic heterocycles. The lowest BCUT2D eigenvalue weighted by Gasteiger charge is -2.17. The summed E-state index contributed by atoms with van der Waals surface area (Å²) in [5.74, 6) is 1.06. The summed E-state index contributed by atoms with van der Waals surface area (Å²) < 4.78 is 2.13. The highest BCUT2D eigenvalue weighted by Crippen LogP contribution is 2.35. The predicted molar refractivity (Wildman–Crippen MR) is 95.9 cm³/mol. The number of nitrogens with zero attached hydrogens (tertiary/aromatic N) is 4. The number of carbonyl (C=O) groups excluding carboxylic acids is 1. The van der Waals surface area contributed by atoms with Crippen LogP contribution in [0.1, 0.15) is 25.2 Å². The number of hydrogen-bond donors (Lipinski definition) is 1. The van der Waals surface area contributed by atoms with Crippen molar-refractivity contribution in [3.8, 4) is 22.6 Å². The van der Waals surface area contributed by atoms with Gasteiger partial charge in [-0.1, -0.05) is 30.3 Å². The van der Waals surface area contributed by atoms with E-state index in [1.54, 1.807) is 0 Å².